The molecule has 0 fully saturated rings. The zero-order valence-corrected chi connectivity index (χ0v) is 15.8. The van der Waals surface area contributed by atoms with Crippen LogP contribution in [0.15, 0.2) is 103 Å². The highest BCUT2D eigenvalue weighted by Gasteiger charge is 2.16. The van der Waals surface area contributed by atoms with Gasteiger partial charge in [0.15, 0.2) is 0 Å². The molecule has 0 aliphatic heterocycles. The molecule has 0 saturated heterocycles. The van der Waals surface area contributed by atoms with Crippen molar-refractivity contribution in [2.45, 2.75) is 12.5 Å². The van der Waals surface area contributed by atoms with Gasteiger partial charge in [-0.3, -0.25) is 0 Å². The van der Waals surface area contributed by atoms with Crippen LogP contribution in [0.5, 0.6) is 0 Å². The van der Waals surface area contributed by atoms with Crippen molar-refractivity contribution in [1.29, 1.82) is 0 Å². The minimum atomic E-state index is 0.373. The van der Waals surface area contributed by atoms with E-state index in [-0.39, 0.29) is 0 Å². The van der Waals surface area contributed by atoms with Gasteiger partial charge in [-0.2, -0.15) is 0 Å². The van der Waals surface area contributed by atoms with E-state index in [1.165, 1.54) is 27.5 Å². The van der Waals surface area contributed by atoms with Crippen LogP contribution in [0.3, 0.4) is 0 Å². The molecule has 0 aliphatic carbocycles. The Balaban J connectivity index is 1.55. The number of benzene rings is 4. The van der Waals surface area contributed by atoms with Gasteiger partial charge in [0.05, 0.1) is 0 Å². The number of rotatable bonds is 6. The molecule has 0 aliphatic rings. The van der Waals surface area contributed by atoms with Gasteiger partial charge >= 0.3 is 0 Å². The maximum atomic E-state index is 2.43. The summed E-state index contributed by atoms with van der Waals surface area (Å²) in [5.41, 5.74) is 4.10. The van der Waals surface area contributed by atoms with E-state index in [9.17, 15) is 0 Å². The lowest BCUT2D eigenvalue weighted by Gasteiger charge is -2.25. The second-order valence-corrected chi connectivity index (χ2v) is 7.25. The summed E-state index contributed by atoms with van der Waals surface area (Å²) in [5, 5.41) is 2.61. The minimum Gasteiger partial charge on any atom is -0.301 e. The zero-order valence-electron chi connectivity index (χ0n) is 15.8. The molecule has 4 rings (SSSR count). The number of fused-ring (bicyclic) bond motifs is 1. The van der Waals surface area contributed by atoms with Gasteiger partial charge in [0.2, 0.25) is 0 Å². The van der Waals surface area contributed by atoms with Crippen molar-refractivity contribution < 1.29 is 0 Å². The monoisotopic (exact) mass is 351 g/mol. The molecule has 4 aromatic carbocycles. The molecule has 134 valence electrons. The van der Waals surface area contributed by atoms with Gasteiger partial charge in [-0.25, -0.2) is 0 Å². The van der Waals surface area contributed by atoms with E-state index in [1.54, 1.807) is 0 Å². The molecule has 0 heterocycles. The van der Waals surface area contributed by atoms with E-state index in [2.05, 4.69) is 115 Å². The second-order valence-electron chi connectivity index (χ2n) is 7.25. The van der Waals surface area contributed by atoms with Gasteiger partial charge < -0.3 is 4.90 Å². The average Bonchev–Trinajstić information content (AvgIpc) is 2.73. The molecule has 0 spiro atoms. The Bertz CT molecular complexity index is 953. The van der Waals surface area contributed by atoms with Gasteiger partial charge in [0, 0.05) is 19.0 Å². The van der Waals surface area contributed by atoms with Crippen LogP contribution < -0.4 is 0 Å². The lowest BCUT2D eigenvalue weighted by molar-refractivity contribution is 0.316. The van der Waals surface area contributed by atoms with Crippen LogP contribution in [0.2, 0.25) is 0 Å². The maximum absolute atomic E-state index is 2.43. The number of likely N-dealkylation sites (N-methyl/N-ethyl adjacent to an activating group) is 1. The Morgan fingerprint density at radius 2 is 1.19 bits per heavy atom. The summed E-state index contributed by atoms with van der Waals surface area (Å²) in [7, 11) is 2.22. The number of hydrogen-bond donors (Lipinski definition) is 0. The zero-order chi connectivity index (χ0) is 18.5. The van der Waals surface area contributed by atoms with Crippen molar-refractivity contribution in [3.8, 4) is 0 Å². The normalized spacial score (nSPS) is 11.4. The largest absolute Gasteiger partial charge is 0.301 e. The predicted molar refractivity (Wildman–Crippen MR) is 115 cm³/mol. The van der Waals surface area contributed by atoms with Crippen molar-refractivity contribution in [2.24, 2.45) is 0 Å². The third-order valence-electron chi connectivity index (χ3n) is 5.16. The third kappa shape index (κ3) is 4.27. The Kier molecular flexibility index (Phi) is 5.32. The third-order valence-corrected chi connectivity index (χ3v) is 5.16. The van der Waals surface area contributed by atoms with Crippen LogP contribution in [0.25, 0.3) is 10.8 Å². The van der Waals surface area contributed by atoms with Gasteiger partial charge in [0.25, 0.3) is 0 Å². The summed E-state index contributed by atoms with van der Waals surface area (Å²) >= 11 is 0. The molecule has 1 heteroatoms. The van der Waals surface area contributed by atoms with Gasteiger partial charge in [-0.15, -0.1) is 0 Å². The quantitative estimate of drug-likeness (QED) is 0.405. The summed E-state index contributed by atoms with van der Waals surface area (Å²) < 4.78 is 0. The molecule has 1 nitrogen and oxygen atoms in total. The van der Waals surface area contributed by atoms with Crippen LogP contribution in [0.1, 0.15) is 22.6 Å². The Hall–Kier alpha value is -2.90. The summed E-state index contributed by atoms with van der Waals surface area (Å²) in [5.74, 6) is 0.373. The first-order chi connectivity index (χ1) is 13.3. The highest BCUT2D eigenvalue weighted by molar-refractivity contribution is 5.82. The molecule has 0 aromatic heterocycles. The number of nitrogens with zero attached hydrogens (tertiary/aromatic N) is 1. The fraction of sp³-hybridized carbons (Fsp3) is 0.154. The first kappa shape index (κ1) is 17.5. The topological polar surface area (TPSA) is 3.24 Å². The highest BCUT2D eigenvalue weighted by atomic mass is 15.1. The van der Waals surface area contributed by atoms with Crippen LogP contribution >= 0.6 is 0 Å². The fourth-order valence-electron chi connectivity index (χ4n) is 3.80. The summed E-state index contributed by atoms with van der Waals surface area (Å²) in [4.78, 5) is 2.43. The maximum Gasteiger partial charge on any atom is 0.0231 e. The minimum absolute atomic E-state index is 0.373. The number of hydrogen-bond acceptors (Lipinski definition) is 1. The summed E-state index contributed by atoms with van der Waals surface area (Å²) in [6, 6.07) is 37.0. The van der Waals surface area contributed by atoms with Crippen molar-refractivity contribution >= 4 is 10.8 Å². The van der Waals surface area contributed by atoms with Gasteiger partial charge in [0.1, 0.15) is 0 Å². The molecule has 0 radical (unpaired) electrons. The summed E-state index contributed by atoms with van der Waals surface area (Å²) in [6.45, 7) is 1.93. The van der Waals surface area contributed by atoms with Crippen LogP contribution in [-0.4, -0.2) is 18.5 Å². The first-order valence-electron chi connectivity index (χ1n) is 9.56. The van der Waals surface area contributed by atoms with Crippen molar-refractivity contribution in [3.05, 3.63) is 120 Å². The second kappa shape index (κ2) is 8.20. The van der Waals surface area contributed by atoms with E-state index >= 15 is 0 Å². The Labute approximate surface area is 161 Å². The first-order valence-corrected chi connectivity index (χ1v) is 9.56. The molecule has 0 amide bonds. The molecule has 27 heavy (non-hydrogen) atoms. The smallest absolute Gasteiger partial charge is 0.0231 e. The molecular formula is C26H25N. The molecule has 4 aromatic rings. The standard InChI is InChI=1S/C26H25N/c1-27(19-21-16-17-22-10-8-9-15-25(22)18-21)20-26(23-11-4-2-5-12-23)24-13-6-3-7-14-24/h2-18,26H,19-20H2,1H3. The molecule has 0 atom stereocenters. The SMILES string of the molecule is CN(Cc1ccc2ccccc2c1)CC(c1ccccc1)c1ccccc1. The van der Waals surface area contributed by atoms with E-state index < -0.39 is 0 Å². The van der Waals surface area contributed by atoms with E-state index in [1.807, 2.05) is 0 Å². The van der Waals surface area contributed by atoms with Crippen molar-refractivity contribution in [1.82, 2.24) is 4.90 Å². The lowest BCUT2D eigenvalue weighted by atomic mass is 9.91. The van der Waals surface area contributed by atoms with E-state index in [4.69, 9.17) is 0 Å². The molecule has 0 N–H and O–H groups in total. The van der Waals surface area contributed by atoms with Crippen LogP contribution in [0.4, 0.5) is 0 Å². The molecule has 0 unspecified atom stereocenters. The molecule has 0 saturated carbocycles. The Morgan fingerprint density at radius 1 is 0.630 bits per heavy atom. The van der Waals surface area contributed by atoms with Crippen LogP contribution in [-0.2, 0) is 6.54 Å². The average molecular weight is 351 g/mol. The van der Waals surface area contributed by atoms with E-state index in [0.29, 0.717) is 5.92 Å². The predicted octanol–water partition coefficient (Wildman–Crippen LogP) is 6.10. The van der Waals surface area contributed by atoms with Gasteiger partial charge in [-0.1, -0.05) is 97.1 Å². The fourth-order valence-corrected chi connectivity index (χ4v) is 3.80. The van der Waals surface area contributed by atoms with E-state index in [0.717, 1.165) is 13.1 Å². The Morgan fingerprint density at radius 3 is 1.81 bits per heavy atom. The summed E-state index contributed by atoms with van der Waals surface area (Å²) in [6.07, 6.45) is 0. The van der Waals surface area contributed by atoms with Gasteiger partial charge in [-0.05, 0) is 40.6 Å². The molecular weight excluding hydrogens is 326 g/mol. The van der Waals surface area contributed by atoms with Crippen molar-refractivity contribution in [3.63, 3.8) is 0 Å². The molecule has 0 bridgehead atoms. The van der Waals surface area contributed by atoms with Crippen molar-refractivity contribution in [2.75, 3.05) is 13.6 Å². The van der Waals surface area contributed by atoms with Crippen LogP contribution in [0, 0.1) is 0 Å². The highest BCUT2D eigenvalue weighted by Crippen LogP contribution is 2.26. The lowest BCUT2D eigenvalue weighted by Crippen LogP contribution is -2.25.